The maximum atomic E-state index is 12.2. The zero-order chi connectivity index (χ0) is 19.4. The zero-order valence-corrected chi connectivity index (χ0v) is 15.7. The second kappa shape index (κ2) is 7.91. The molecule has 2 aromatic carbocycles. The number of hydrogen-bond acceptors (Lipinski definition) is 4. The molecule has 0 spiro atoms. The highest BCUT2D eigenvalue weighted by Crippen LogP contribution is 2.23. The van der Waals surface area contributed by atoms with Crippen LogP contribution in [0.25, 0.3) is 10.8 Å². The quantitative estimate of drug-likeness (QED) is 0.798. The van der Waals surface area contributed by atoms with E-state index in [9.17, 15) is 4.79 Å². The summed E-state index contributed by atoms with van der Waals surface area (Å²) in [6.07, 6.45) is 2.53. The van der Waals surface area contributed by atoms with Gasteiger partial charge in [-0.3, -0.25) is 9.80 Å². The van der Waals surface area contributed by atoms with Crippen LogP contribution in [0, 0.1) is 0 Å². The Morgan fingerprint density at radius 1 is 1.22 bits per heavy atom. The number of rotatable bonds is 6. The van der Waals surface area contributed by atoms with Gasteiger partial charge in [0.1, 0.15) is 0 Å². The Morgan fingerprint density at radius 3 is 2.70 bits per heavy atom. The summed E-state index contributed by atoms with van der Waals surface area (Å²) in [5.41, 5.74) is 1.91. The Bertz CT molecular complexity index is 967. The van der Waals surface area contributed by atoms with Crippen LogP contribution < -0.4 is 5.32 Å². The fourth-order valence-electron chi connectivity index (χ4n) is 2.98. The molecule has 1 N–H and O–H groups in total. The lowest BCUT2D eigenvalue weighted by atomic mass is 10.0. The Kier molecular flexibility index (Phi) is 5.41. The number of ether oxygens (including phenoxy) is 1. The van der Waals surface area contributed by atoms with E-state index in [1.165, 1.54) is 16.3 Å². The maximum Gasteiger partial charge on any atom is 0.272 e. The Hall–Kier alpha value is -3.34. The van der Waals surface area contributed by atoms with E-state index in [4.69, 9.17) is 4.74 Å². The molecule has 0 aliphatic carbocycles. The van der Waals surface area contributed by atoms with E-state index in [1.54, 1.807) is 25.2 Å². The first-order valence-corrected chi connectivity index (χ1v) is 8.78. The summed E-state index contributed by atoms with van der Waals surface area (Å²) in [4.78, 5) is 12.2. The molecule has 0 aromatic heterocycles. The smallest absolute Gasteiger partial charge is 0.272 e. The van der Waals surface area contributed by atoms with Gasteiger partial charge in [-0.05, 0) is 29.7 Å². The van der Waals surface area contributed by atoms with Crippen LogP contribution in [0.4, 0.5) is 0 Å². The van der Waals surface area contributed by atoms with E-state index < -0.39 is 0 Å². The number of benzene rings is 2. The lowest BCUT2D eigenvalue weighted by molar-refractivity contribution is -0.114. The van der Waals surface area contributed by atoms with E-state index in [1.807, 2.05) is 12.1 Å². The number of carbonyl (C=O) groups excluding carboxylic acids is 1. The third kappa shape index (κ3) is 4.08. The molecule has 27 heavy (non-hydrogen) atoms. The van der Waals surface area contributed by atoms with Crippen molar-refractivity contribution in [1.29, 1.82) is 0 Å². The molecule has 0 atom stereocenters. The van der Waals surface area contributed by atoms with Gasteiger partial charge in [-0.2, -0.15) is 5.10 Å². The first-order valence-electron chi connectivity index (χ1n) is 8.78. The lowest BCUT2D eigenvalue weighted by Gasteiger charge is -2.25. The third-order valence-corrected chi connectivity index (χ3v) is 4.29. The highest BCUT2D eigenvalue weighted by molar-refractivity contribution is 6.46. The molecule has 0 fully saturated rings. The number of amides is 1. The van der Waals surface area contributed by atoms with Crippen molar-refractivity contribution >= 4 is 22.4 Å². The van der Waals surface area contributed by atoms with Crippen LogP contribution in [-0.2, 0) is 16.0 Å². The average molecular weight is 361 g/mol. The molecule has 0 saturated carbocycles. The Morgan fingerprint density at radius 2 is 1.96 bits per heavy atom. The van der Waals surface area contributed by atoms with Crippen molar-refractivity contribution in [2.75, 3.05) is 13.6 Å². The van der Waals surface area contributed by atoms with Crippen molar-refractivity contribution in [1.82, 2.24) is 10.3 Å². The van der Waals surface area contributed by atoms with Gasteiger partial charge in [-0.15, -0.1) is 0 Å². The van der Waals surface area contributed by atoms with Crippen LogP contribution in [0.2, 0.25) is 0 Å². The molecule has 0 radical (unpaired) electrons. The molecule has 1 aliphatic heterocycles. The van der Waals surface area contributed by atoms with Gasteiger partial charge in [-0.1, -0.05) is 55.6 Å². The number of nitrogens with zero attached hydrogens (tertiary/aromatic N) is 2. The van der Waals surface area contributed by atoms with Crippen LogP contribution in [0.5, 0.6) is 0 Å². The van der Waals surface area contributed by atoms with E-state index in [0.29, 0.717) is 23.6 Å². The predicted molar refractivity (Wildman–Crippen MR) is 109 cm³/mol. The number of allylic oxidation sites excluding steroid dienone is 2. The Balaban J connectivity index is 1.85. The molecular weight excluding hydrogens is 338 g/mol. The normalized spacial score (nSPS) is 13.9. The van der Waals surface area contributed by atoms with Crippen molar-refractivity contribution < 1.29 is 9.53 Å². The average Bonchev–Trinajstić information content (AvgIpc) is 2.67. The van der Waals surface area contributed by atoms with E-state index in [0.717, 1.165) is 6.42 Å². The van der Waals surface area contributed by atoms with Gasteiger partial charge >= 0.3 is 0 Å². The molecule has 1 aliphatic rings. The molecule has 2 aromatic rings. The summed E-state index contributed by atoms with van der Waals surface area (Å²) in [5.74, 6) is 0.703. The third-order valence-electron chi connectivity index (χ3n) is 4.29. The lowest BCUT2D eigenvalue weighted by Crippen LogP contribution is -2.34. The minimum Gasteiger partial charge on any atom is -0.460 e. The zero-order valence-electron chi connectivity index (χ0n) is 15.7. The van der Waals surface area contributed by atoms with E-state index in [2.05, 4.69) is 53.9 Å². The van der Waals surface area contributed by atoms with E-state index >= 15 is 0 Å². The maximum absolute atomic E-state index is 12.2. The molecule has 5 heteroatoms. The molecular formula is C22H23N3O2. The first kappa shape index (κ1) is 18.5. The standard InChI is InChI=1S/C22H23N3O2/c1-15(2)27-20-14-25(24-21(16(20)3)22(26)23-4)13-12-18-10-7-9-17-8-5-6-11-19(17)18/h5-11,14H,1,3,12-13H2,2,4H3,(H,23,26). The molecule has 1 heterocycles. The molecule has 1 amide bonds. The SMILES string of the molecule is C=C(C)OC1=CN(CCc2cccc3ccccc23)N=C(C(=O)NC)C1=C. The molecule has 5 nitrogen and oxygen atoms in total. The molecule has 0 unspecified atom stereocenters. The van der Waals surface area contributed by atoms with Gasteiger partial charge in [0.2, 0.25) is 0 Å². The second-order valence-electron chi connectivity index (χ2n) is 6.36. The summed E-state index contributed by atoms with van der Waals surface area (Å²) >= 11 is 0. The molecule has 0 bridgehead atoms. The Labute approximate surface area is 159 Å². The largest absolute Gasteiger partial charge is 0.460 e. The van der Waals surface area contributed by atoms with Gasteiger partial charge < -0.3 is 10.1 Å². The summed E-state index contributed by atoms with van der Waals surface area (Å²) < 4.78 is 5.65. The predicted octanol–water partition coefficient (Wildman–Crippen LogP) is 3.75. The van der Waals surface area contributed by atoms with Crippen molar-refractivity contribution in [2.24, 2.45) is 5.10 Å². The minimum atomic E-state index is -0.300. The fraction of sp³-hybridized carbons (Fsp3) is 0.182. The highest BCUT2D eigenvalue weighted by atomic mass is 16.5. The van der Waals surface area contributed by atoms with Crippen molar-refractivity contribution in [3.63, 3.8) is 0 Å². The summed E-state index contributed by atoms with van der Waals surface area (Å²) in [7, 11) is 1.57. The van der Waals surface area contributed by atoms with Gasteiger partial charge in [-0.25, -0.2) is 0 Å². The molecule has 138 valence electrons. The highest BCUT2D eigenvalue weighted by Gasteiger charge is 2.24. The van der Waals surface area contributed by atoms with Crippen molar-refractivity contribution in [2.45, 2.75) is 13.3 Å². The van der Waals surface area contributed by atoms with Crippen LogP contribution in [0.1, 0.15) is 12.5 Å². The van der Waals surface area contributed by atoms with Gasteiger partial charge in [0.25, 0.3) is 5.91 Å². The van der Waals surface area contributed by atoms with Gasteiger partial charge in [0.15, 0.2) is 11.5 Å². The summed E-state index contributed by atoms with van der Waals surface area (Å²) in [5, 5.41) is 11.2. The minimum absolute atomic E-state index is 0.245. The van der Waals surface area contributed by atoms with Crippen molar-refractivity contribution in [3.05, 3.63) is 84.5 Å². The summed E-state index contributed by atoms with van der Waals surface area (Å²) in [6.45, 7) is 10.1. The summed E-state index contributed by atoms with van der Waals surface area (Å²) in [6, 6.07) is 14.6. The van der Waals surface area contributed by atoms with Gasteiger partial charge in [0, 0.05) is 19.2 Å². The van der Waals surface area contributed by atoms with Gasteiger partial charge in [0.05, 0.1) is 12.0 Å². The van der Waals surface area contributed by atoms with Crippen LogP contribution in [0.15, 0.2) is 84.0 Å². The topological polar surface area (TPSA) is 53.9 Å². The van der Waals surface area contributed by atoms with Crippen LogP contribution in [0.3, 0.4) is 0 Å². The van der Waals surface area contributed by atoms with E-state index in [-0.39, 0.29) is 11.6 Å². The number of nitrogens with one attached hydrogen (secondary N) is 1. The number of hydrogen-bond donors (Lipinski definition) is 1. The second-order valence-corrected chi connectivity index (χ2v) is 6.36. The van der Waals surface area contributed by atoms with Crippen LogP contribution in [-0.4, -0.2) is 30.2 Å². The molecule has 3 rings (SSSR count). The van der Waals surface area contributed by atoms with Crippen molar-refractivity contribution in [3.8, 4) is 0 Å². The monoisotopic (exact) mass is 361 g/mol. The van der Waals surface area contributed by atoms with Crippen LogP contribution >= 0.6 is 0 Å². The number of fused-ring (bicyclic) bond motifs is 1. The fourth-order valence-corrected chi connectivity index (χ4v) is 2.98. The number of carbonyl (C=O) groups is 1. The first-order chi connectivity index (χ1) is 13.0. The number of hydrazone groups is 1. The molecule has 0 saturated heterocycles.